The van der Waals surface area contributed by atoms with Crippen molar-refractivity contribution in [2.75, 3.05) is 11.9 Å². The number of hydrogen-bond donors (Lipinski definition) is 2. The second kappa shape index (κ2) is 7.77. The Morgan fingerprint density at radius 2 is 2.00 bits per heavy atom. The summed E-state index contributed by atoms with van der Waals surface area (Å²) >= 11 is 0. The highest BCUT2D eigenvalue weighted by Gasteiger charge is 2.18. The van der Waals surface area contributed by atoms with Gasteiger partial charge in [0, 0.05) is 5.69 Å². The van der Waals surface area contributed by atoms with Crippen molar-refractivity contribution in [1.29, 1.82) is 0 Å². The average molecular weight is 311 g/mol. The molecule has 122 valence electrons. The topological polar surface area (TPSA) is 53.5 Å². The molecule has 2 N–H and O–H groups in total. The molecule has 0 saturated carbocycles. The van der Waals surface area contributed by atoms with Crippen molar-refractivity contribution in [2.45, 2.75) is 33.6 Å². The van der Waals surface area contributed by atoms with Crippen LogP contribution < -0.4 is 10.7 Å². The first-order valence-corrected chi connectivity index (χ1v) is 7.94. The van der Waals surface area contributed by atoms with Crippen LogP contribution in [-0.2, 0) is 4.79 Å². The highest BCUT2D eigenvalue weighted by atomic mass is 16.2. The van der Waals surface area contributed by atoms with Crippen molar-refractivity contribution < 1.29 is 4.79 Å². The van der Waals surface area contributed by atoms with Gasteiger partial charge in [-0.3, -0.25) is 4.79 Å². The van der Waals surface area contributed by atoms with E-state index >= 15 is 0 Å². The number of amides is 1. The number of aryl methyl sites for hydroxylation is 1. The first kappa shape index (κ1) is 17.0. The minimum Gasteiger partial charge on any atom is -0.376 e. The highest BCUT2D eigenvalue weighted by molar-refractivity contribution is 6.01. The molecule has 2 rings (SSSR count). The maximum absolute atomic E-state index is 11.9. The van der Waals surface area contributed by atoms with Gasteiger partial charge in [0.1, 0.15) is 0 Å². The predicted octanol–water partition coefficient (Wildman–Crippen LogP) is 3.81. The van der Waals surface area contributed by atoms with E-state index in [0.717, 1.165) is 35.4 Å². The lowest BCUT2D eigenvalue weighted by molar-refractivity contribution is -0.119. The number of rotatable bonds is 5. The molecule has 23 heavy (non-hydrogen) atoms. The largest absolute Gasteiger partial charge is 0.376 e. The number of anilines is 1. The SMILES string of the molecule is C=C(C)[C@H]1CC=C(C)C(=NNC(=O)CNc2ccc(C)cc2)C1. The summed E-state index contributed by atoms with van der Waals surface area (Å²) in [7, 11) is 0. The van der Waals surface area contributed by atoms with Gasteiger partial charge in [0.25, 0.3) is 5.91 Å². The van der Waals surface area contributed by atoms with Crippen LogP contribution >= 0.6 is 0 Å². The Labute approximate surface area is 138 Å². The Morgan fingerprint density at radius 1 is 1.30 bits per heavy atom. The van der Waals surface area contributed by atoms with Gasteiger partial charge in [-0.15, -0.1) is 0 Å². The van der Waals surface area contributed by atoms with Gasteiger partial charge < -0.3 is 5.32 Å². The van der Waals surface area contributed by atoms with Gasteiger partial charge in [0.05, 0.1) is 12.3 Å². The highest BCUT2D eigenvalue weighted by Crippen LogP contribution is 2.26. The number of nitrogens with zero attached hydrogens (tertiary/aromatic N) is 1. The van der Waals surface area contributed by atoms with Gasteiger partial charge >= 0.3 is 0 Å². The number of hydrogen-bond acceptors (Lipinski definition) is 3. The lowest BCUT2D eigenvalue weighted by atomic mass is 9.85. The monoisotopic (exact) mass is 311 g/mol. The molecule has 0 spiro atoms. The van der Waals surface area contributed by atoms with E-state index in [-0.39, 0.29) is 12.5 Å². The summed E-state index contributed by atoms with van der Waals surface area (Å²) in [6.07, 6.45) is 4.00. The van der Waals surface area contributed by atoms with Crippen LogP contribution in [0.4, 0.5) is 5.69 Å². The van der Waals surface area contributed by atoms with Crippen LogP contribution in [-0.4, -0.2) is 18.2 Å². The molecule has 1 aliphatic carbocycles. The van der Waals surface area contributed by atoms with E-state index in [0.29, 0.717) is 5.92 Å². The number of carbonyl (C=O) groups excluding carboxylic acids is 1. The van der Waals surface area contributed by atoms with E-state index in [9.17, 15) is 4.79 Å². The molecular weight excluding hydrogens is 286 g/mol. The third kappa shape index (κ3) is 5.09. The molecular formula is C19H25N3O. The average Bonchev–Trinajstić information content (AvgIpc) is 2.53. The first-order chi connectivity index (χ1) is 11.0. The van der Waals surface area contributed by atoms with Crippen molar-refractivity contribution in [3.05, 3.63) is 53.6 Å². The van der Waals surface area contributed by atoms with E-state index < -0.39 is 0 Å². The minimum absolute atomic E-state index is 0.150. The second-order valence-electron chi connectivity index (χ2n) is 6.18. The summed E-state index contributed by atoms with van der Waals surface area (Å²) in [5.41, 5.74) is 7.99. The summed E-state index contributed by atoms with van der Waals surface area (Å²) in [6, 6.07) is 7.93. The van der Waals surface area contributed by atoms with E-state index in [1.165, 1.54) is 5.56 Å². The molecule has 1 aromatic carbocycles. The molecule has 0 aromatic heterocycles. The molecule has 0 aliphatic heterocycles. The number of benzene rings is 1. The second-order valence-corrected chi connectivity index (χ2v) is 6.18. The molecule has 0 saturated heterocycles. The fourth-order valence-electron chi connectivity index (χ4n) is 2.45. The lowest BCUT2D eigenvalue weighted by Crippen LogP contribution is -2.28. The molecule has 1 amide bonds. The Hall–Kier alpha value is -2.36. The molecule has 0 fully saturated rings. The first-order valence-electron chi connectivity index (χ1n) is 7.94. The predicted molar refractivity (Wildman–Crippen MR) is 96.5 cm³/mol. The zero-order valence-electron chi connectivity index (χ0n) is 14.1. The summed E-state index contributed by atoms with van der Waals surface area (Å²) in [6.45, 7) is 10.3. The molecule has 1 aromatic rings. The van der Waals surface area contributed by atoms with Crippen LogP contribution in [0.1, 0.15) is 32.3 Å². The Bertz CT molecular complexity index is 641. The summed E-state index contributed by atoms with van der Waals surface area (Å²) in [4.78, 5) is 11.9. The van der Waals surface area contributed by atoms with Gasteiger partial charge in [-0.1, -0.05) is 35.9 Å². The maximum atomic E-state index is 11.9. The van der Waals surface area contributed by atoms with Crippen LogP contribution in [0, 0.1) is 12.8 Å². The maximum Gasteiger partial charge on any atom is 0.259 e. The molecule has 4 heteroatoms. The van der Waals surface area contributed by atoms with Gasteiger partial charge in [-0.05, 0) is 57.2 Å². The zero-order valence-corrected chi connectivity index (χ0v) is 14.1. The standard InChI is InChI=1S/C19H25N3O/c1-13(2)16-8-7-15(4)18(11-16)21-22-19(23)12-20-17-9-5-14(3)6-10-17/h5-7,9-10,16,20H,1,8,11-12H2,2-4H3,(H,22,23)/t16-/m0/s1. The van der Waals surface area contributed by atoms with Crippen LogP contribution in [0.2, 0.25) is 0 Å². The third-order valence-electron chi connectivity index (χ3n) is 4.12. The molecule has 0 radical (unpaired) electrons. The fraction of sp³-hybridized carbons (Fsp3) is 0.368. The van der Waals surface area contributed by atoms with Crippen molar-refractivity contribution in [2.24, 2.45) is 11.0 Å². The molecule has 1 atom stereocenters. The normalized spacial score (nSPS) is 19.2. The molecule has 0 heterocycles. The van der Waals surface area contributed by atoms with Gasteiger partial charge in [0.15, 0.2) is 0 Å². The zero-order chi connectivity index (χ0) is 16.8. The van der Waals surface area contributed by atoms with E-state index in [1.807, 2.05) is 45.0 Å². The van der Waals surface area contributed by atoms with E-state index in [4.69, 9.17) is 0 Å². The summed E-state index contributed by atoms with van der Waals surface area (Å²) in [5.74, 6) is 0.267. The smallest absolute Gasteiger partial charge is 0.259 e. The number of nitrogens with one attached hydrogen (secondary N) is 2. The molecule has 0 unspecified atom stereocenters. The molecule has 4 nitrogen and oxygen atoms in total. The summed E-state index contributed by atoms with van der Waals surface area (Å²) < 4.78 is 0. The lowest BCUT2D eigenvalue weighted by Gasteiger charge is -2.22. The fourth-order valence-corrected chi connectivity index (χ4v) is 2.45. The van der Waals surface area contributed by atoms with Gasteiger partial charge in [-0.2, -0.15) is 5.10 Å². The quantitative estimate of drug-likeness (QED) is 0.642. The minimum atomic E-state index is -0.150. The molecule has 1 aliphatic rings. The third-order valence-corrected chi connectivity index (χ3v) is 4.12. The van der Waals surface area contributed by atoms with Gasteiger partial charge in [0.2, 0.25) is 0 Å². The van der Waals surface area contributed by atoms with Crippen LogP contribution in [0.5, 0.6) is 0 Å². The summed E-state index contributed by atoms with van der Waals surface area (Å²) in [5, 5.41) is 7.38. The van der Waals surface area contributed by atoms with Crippen molar-refractivity contribution in [3.8, 4) is 0 Å². The number of carbonyl (C=O) groups is 1. The number of hydrazone groups is 1. The van der Waals surface area contributed by atoms with E-state index in [1.54, 1.807) is 0 Å². The van der Waals surface area contributed by atoms with E-state index in [2.05, 4.69) is 28.5 Å². The van der Waals surface area contributed by atoms with Crippen LogP contribution in [0.25, 0.3) is 0 Å². The Kier molecular flexibility index (Phi) is 5.74. The van der Waals surface area contributed by atoms with Crippen LogP contribution in [0.15, 0.2) is 53.2 Å². The number of allylic oxidation sites excluding steroid dienone is 3. The van der Waals surface area contributed by atoms with Crippen molar-refractivity contribution in [3.63, 3.8) is 0 Å². The van der Waals surface area contributed by atoms with Crippen molar-refractivity contribution in [1.82, 2.24) is 5.43 Å². The Morgan fingerprint density at radius 3 is 2.65 bits per heavy atom. The van der Waals surface area contributed by atoms with Crippen molar-refractivity contribution >= 4 is 17.3 Å². The van der Waals surface area contributed by atoms with Gasteiger partial charge in [-0.25, -0.2) is 5.43 Å². The molecule has 0 bridgehead atoms. The Balaban J connectivity index is 1.87. The van der Waals surface area contributed by atoms with Crippen LogP contribution in [0.3, 0.4) is 0 Å².